The van der Waals surface area contributed by atoms with Crippen LogP contribution in [0.4, 0.5) is 0 Å². The monoisotopic (exact) mass is 209 g/mol. The van der Waals surface area contributed by atoms with E-state index in [1.807, 2.05) is 20.2 Å². The summed E-state index contributed by atoms with van der Waals surface area (Å²) in [5.41, 5.74) is 0.871. The van der Waals surface area contributed by atoms with Crippen molar-refractivity contribution in [3.8, 4) is 0 Å². The first-order chi connectivity index (χ1) is 7.15. The van der Waals surface area contributed by atoms with Crippen LogP contribution in [-0.4, -0.2) is 22.0 Å². The topological polar surface area (TPSA) is 46.9 Å². The minimum atomic E-state index is -0.0818. The van der Waals surface area contributed by atoms with Crippen LogP contribution in [0.15, 0.2) is 6.20 Å². The highest BCUT2D eigenvalue weighted by molar-refractivity contribution is 5.90. The van der Waals surface area contributed by atoms with Gasteiger partial charge in [0.25, 0.3) is 5.91 Å². The highest BCUT2D eigenvalue weighted by atomic mass is 16.2. The van der Waals surface area contributed by atoms with Crippen LogP contribution in [0.1, 0.15) is 42.5 Å². The number of aromatic nitrogens is 2. The largest absolute Gasteiger partial charge is 0.349 e. The maximum atomic E-state index is 11.6. The molecule has 0 fully saturated rings. The zero-order valence-electron chi connectivity index (χ0n) is 9.71. The molecule has 1 rings (SSSR count). The molecule has 0 aliphatic rings. The summed E-state index contributed by atoms with van der Waals surface area (Å²) in [7, 11) is 1.83. The zero-order valence-corrected chi connectivity index (χ0v) is 9.71. The summed E-state index contributed by atoms with van der Waals surface area (Å²) in [6.45, 7) is 4.76. The molecule has 0 radical (unpaired) electrons. The third-order valence-corrected chi connectivity index (χ3v) is 2.27. The second-order valence-corrected chi connectivity index (χ2v) is 3.78. The molecule has 0 bridgehead atoms. The van der Waals surface area contributed by atoms with Gasteiger partial charge in [-0.1, -0.05) is 19.8 Å². The average Bonchev–Trinajstić information content (AvgIpc) is 2.52. The lowest BCUT2D eigenvalue weighted by atomic mass is 10.2. The normalized spacial score (nSPS) is 10.3. The van der Waals surface area contributed by atoms with Gasteiger partial charge in [-0.3, -0.25) is 4.79 Å². The highest BCUT2D eigenvalue weighted by Gasteiger charge is 2.10. The van der Waals surface area contributed by atoms with E-state index >= 15 is 0 Å². The lowest BCUT2D eigenvalue weighted by molar-refractivity contribution is 0.0939. The maximum absolute atomic E-state index is 11.6. The van der Waals surface area contributed by atoms with Crippen molar-refractivity contribution in [3.63, 3.8) is 0 Å². The Balaban J connectivity index is 2.43. The fourth-order valence-electron chi connectivity index (χ4n) is 1.48. The third kappa shape index (κ3) is 3.38. The fraction of sp³-hybridized carbons (Fsp3) is 0.636. The molecule has 4 nitrogen and oxygen atoms in total. The van der Waals surface area contributed by atoms with Crippen LogP contribution >= 0.6 is 0 Å². The van der Waals surface area contributed by atoms with Crippen LogP contribution in [0.5, 0.6) is 0 Å². The maximum Gasteiger partial charge on any atom is 0.287 e. The minimum absolute atomic E-state index is 0.0818. The van der Waals surface area contributed by atoms with E-state index in [-0.39, 0.29) is 5.91 Å². The number of carbonyl (C=O) groups excluding carboxylic acids is 1. The van der Waals surface area contributed by atoms with E-state index in [0.29, 0.717) is 5.82 Å². The zero-order chi connectivity index (χ0) is 11.3. The molecule has 1 aromatic rings. The van der Waals surface area contributed by atoms with E-state index in [1.54, 1.807) is 4.57 Å². The smallest absolute Gasteiger partial charge is 0.287 e. The van der Waals surface area contributed by atoms with Gasteiger partial charge in [0.05, 0.1) is 5.69 Å². The molecule has 0 spiro atoms. The van der Waals surface area contributed by atoms with Crippen molar-refractivity contribution in [2.24, 2.45) is 7.05 Å². The summed E-state index contributed by atoms with van der Waals surface area (Å²) in [4.78, 5) is 15.8. The van der Waals surface area contributed by atoms with E-state index in [1.165, 1.54) is 0 Å². The molecule has 15 heavy (non-hydrogen) atoms. The first-order valence-electron chi connectivity index (χ1n) is 5.43. The summed E-state index contributed by atoms with van der Waals surface area (Å²) in [5.74, 6) is 0.408. The first kappa shape index (κ1) is 11.8. The molecule has 0 aliphatic carbocycles. The molecule has 84 valence electrons. The predicted octanol–water partition coefficient (Wildman–Crippen LogP) is 1.65. The summed E-state index contributed by atoms with van der Waals surface area (Å²) in [6.07, 6.45) is 5.20. The van der Waals surface area contributed by atoms with E-state index in [4.69, 9.17) is 0 Å². The molecule has 1 amide bonds. The lowest BCUT2D eigenvalue weighted by Gasteiger charge is -2.03. The van der Waals surface area contributed by atoms with E-state index < -0.39 is 0 Å². The van der Waals surface area contributed by atoms with Crippen molar-refractivity contribution in [1.82, 2.24) is 14.9 Å². The second kappa shape index (κ2) is 5.53. The van der Waals surface area contributed by atoms with Crippen molar-refractivity contribution >= 4 is 5.91 Å². The number of nitrogens with one attached hydrogen (secondary N) is 1. The third-order valence-electron chi connectivity index (χ3n) is 2.27. The van der Waals surface area contributed by atoms with Crippen molar-refractivity contribution in [2.75, 3.05) is 6.54 Å². The van der Waals surface area contributed by atoms with E-state index in [0.717, 1.165) is 31.5 Å². The molecule has 0 aliphatic heterocycles. The second-order valence-electron chi connectivity index (χ2n) is 3.78. The van der Waals surface area contributed by atoms with Crippen molar-refractivity contribution in [2.45, 2.75) is 33.1 Å². The summed E-state index contributed by atoms with van der Waals surface area (Å²) in [5, 5.41) is 2.87. The molecule has 1 heterocycles. The summed E-state index contributed by atoms with van der Waals surface area (Å²) >= 11 is 0. The van der Waals surface area contributed by atoms with E-state index in [2.05, 4.69) is 17.2 Å². The molecular weight excluding hydrogens is 190 g/mol. The molecule has 1 N–H and O–H groups in total. The van der Waals surface area contributed by atoms with Crippen LogP contribution in [0.3, 0.4) is 0 Å². The van der Waals surface area contributed by atoms with Gasteiger partial charge in [0.15, 0.2) is 5.82 Å². The molecule has 1 aromatic heterocycles. The first-order valence-corrected chi connectivity index (χ1v) is 5.43. The number of amides is 1. The van der Waals surface area contributed by atoms with Gasteiger partial charge in [0.2, 0.25) is 0 Å². The van der Waals surface area contributed by atoms with Crippen molar-refractivity contribution < 1.29 is 4.79 Å². The standard InChI is InChI=1S/C11H19N3O/c1-4-5-6-7-12-11(15)10-13-9(2)8-14(10)3/h8H,4-7H2,1-3H3,(H,12,15). The van der Waals surface area contributed by atoms with Gasteiger partial charge in [-0.25, -0.2) is 4.98 Å². The number of hydrogen-bond acceptors (Lipinski definition) is 2. The van der Waals surface area contributed by atoms with Crippen molar-refractivity contribution in [1.29, 1.82) is 0 Å². The molecule has 0 saturated carbocycles. The van der Waals surface area contributed by atoms with Crippen LogP contribution in [0.25, 0.3) is 0 Å². The van der Waals surface area contributed by atoms with Gasteiger partial charge < -0.3 is 9.88 Å². The Morgan fingerprint density at radius 1 is 1.53 bits per heavy atom. The lowest BCUT2D eigenvalue weighted by Crippen LogP contribution is -2.27. The molecular formula is C11H19N3O. The number of aryl methyl sites for hydroxylation is 2. The van der Waals surface area contributed by atoms with Gasteiger partial charge >= 0.3 is 0 Å². The Morgan fingerprint density at radius 2 is 2.27 bits per heavy atom. The number of carbonyl (C=O) groups is 1. The van der Waals surface area contributed by atoms with Crippen LogP contribution < -0.4 is 5.32 Å². The van der Waals surface area contributed by atoms with Crippen molar-refractivity contribution in [3.05, 3.63) is 17.7 Å². The molecule has 0 saturated heterocycles. The number of unbranched alkanes of at least 4 members (excludes halogenated alkanes) is 2. The Labute approximate surface area is 90.7 Å². The summed E-state index contributed by atoms with van der Waals surface area (Å²) < 4.78 is 1.75. The molecule has 0 unspecified atom stereocenters. The number of hydrogen-bond donors (Lipinski definition) is 1. The Morgan fingerprint density at radius 3 is 2.80 bits per heavy atom. The highest BCUT2D eigenvalue weighted by Crippen LogP contribution is 2.00. The quantitative estimate of drug-likeness (QED) is 0.749. The fourth-order valence-corrected chi connectivity index (χ4v) is 1.48. The number of imidazole rings is 1. The molecule has 0 atom stereocenters. The average molecular weight is 209 g/mol. The Bertz CT molecular complexity index is 331. The minimum Gasteiger partial charge on any atom is -0.349 e. The van der Waals surface area contributed by atoms with Crippen LogP contribution in [0.2, 0.25) is 0 Å². The number of rotatable bonds is 5. The van der Waals surface area contributed by atoms with Gasteiger partial charge in [0, 0.05) is 19.8 Å². The van der Waals surface area contributed by atoms with Crippen LogP contribution in [0, 0.1) is 6.92 Å². The molecule has 4 heteroatoms. The van der Waals surface area contributed by atoms with Gasteiger partial charge in [-0.05, 0) is 13.3 Å². The van der Waals surface area contributed by atoms with Gasteiger partial charge in [0.1, 0.15) is 0 Å². The summed E-state index contributed by atoms with van der Waals surface area (Å²) in [6, 6.07) is 0. The SMILES string of the molecule is CCCCCNC(=O)c1nc(C)cn1C. The Hall–Kier alpha value is -1.32. The van der Waals surface area contributed by atoms with Crippen LogP contribution in [-0.2, 0) is 7.05 Å². The van der Waals surface area contributed by atoms with Gasteiger partial charge in [-0.2, -0.15) is 0 Å². The molecule has 0 aromatic carbocycles. The van der Waals surface area contributed by atoms with E-state index in [9.17, 15) is 4.79 Å². The Kier molecular flexibility index (Phi) is 4.34. The van der Waals surface area contributed by atoms with Gasteiger partial charge in [-0.15, -0.1) is 0 Å². The predicted molar refractivity (Wildman–Crippen MR) is 59.8 cm³/mol. The number of nitrogens with zero attached hydrogens (tertiary/aromatic N) is 2.